The predicted molar refractivity (Wildman–Crippen MR) is 96.2 cm³/mol. The molecule has 0 heterocycles. The minimum absolute atomic E-state index is 0.189. The molecule has 22 heavy (non-hydrogen) atoms. The van der Waals surface area contributed by atoms with Crippen LogP contribution in [0.25, 0.3) is 0 Å². The number of ether oxygens (including phenoxy) is 1. The van der Waals surface area contributed by atoms with Crippen molar-refractivity contribution in [1.82, 2.24) is 15.4 Å². The third kappa shape index (κ3) is 13.2. The first-order valence-electron chi connectivity index (χ1n) is 8.39. The van der Waals surface area contributed by atoms with Gasteiger partial charge < -0.3 is 15.4 Å². The summed E-state index contributed by atoms with van der Waals surface area (Å²) in [5, 5.41) is 6.22. The summed E-state index contributed by atoms with van der Waals surface area (Å²) in [6.07, 6.45) is 6.21. The van der Waals surface area contributed by atoms with Crippen molar-refractivity contribution in [2.75, 3.05) is 26.0 Å². The van der Waals surface area contributed by atoms with Gasteiger partial charge in [0.25, 0.3) is 0 Å². The van der Waals surface area contributed by atoms with Crippen molar-refractivity contribution in [3.63, 3.8) is 0 Å². The van der Waals surface area contributed by atoms with Crippen LogP contribution in [0.4, 0.5) is 4.79 Å². The second kappa shape index (κ2) is 14.2. The fraction of sp³-hybridized carbons (Fsp3) is 0.938. The Labute approximate surface area is 140 Å². The summed E-state index contributed by atoms with van der Waals surface area (Å²) in [4.78, 5) is 11.6. The van der Waals surface area contributed by atoms with Gasteiger partial charge in [0, 0.05) is 12.6 Å². The highest BCUT2D eigenvalue weighted by Gasteiger charge is 2.14. The molecule has 1 amide bonds. The molecule has 0 spiro atoms. The van der Waals surface area contributed by atoms with E-state index in [9.17, 15) is 4.79 Å². The Balaban J connectivity index is 3.49. The Kier molecular flexibility index (Phi) is 13.9. The van der Waals surface area contributed by atoms with E-state index in [0.717, 1.165) is 19.4 Å². The van der Waals surface area contributed by atoms with Gasteiger partial charge in [-0.25, -0.2) is 4.79 Å². The normalized spacial score (nSPS) is 12.7. The fourth-order valence-corrected chi connectivity index (χ4v) is 2.56. The quantitative estimate of drug-likeness (QED) is 0.357. The lowest BCUT2D eigenvalue weighted by Gasteiger charge is -2.20. The molecule has 0 rings (SSSR count). The van der Waals surface area contributed by atoms with Crippen molar-refractivity contribution in [2.45, 2.75) is 65.5 Å². The zero-order valence-corrected chi connectivity index (χ0v) is 15.7. The first-order valence-corrected chi connectivity index (χ1v) is 9.62. The van der Waals surface area contributed by atoms with E-state index in [-0.39, 0.29) is 12.1 Å². The molecule has 5 nitrogen and oxygen atoms in total. The summed E-state index contributed by atoms with van der Waals surface area (Å²) in [6.45, 7) is 10.7. The number of hydrogen-bond acceptors (Lipinski definition) is 5. The molecule has 0 fully saturated rings. The summed E-state index contributed by atoms with van der Waals surface area (Å²) in [5.41, 5.74) is 0. The van der Waals surface area contributed by atoms with E-state index in [1.165, 1.54) is 12.8 Å². The maximum absolute atomic E-state index is 11.6. The predicted octanol–water partition coefficient (Wildman–Crippen LogP) is 3.16. The molecule has 0 aliphatic heterocycles. The van der Waals surface area contributed by atoms with Gasteiger partial charge in [0.1, 0.15) is 6.61 Å². The summed E-state index contributed by atoms with van der Waals surface area (Å²) >= 11 is 1.56. The van der Waals surface area contributed by atoms with Crippen LogP contribution in [-0.4, -0.2) is 44.1 Å². The number of amides is 1. The van der Waals surface area contributed by atoms with Crippen LogP contribution in [-0.2, 0) is 4.74 Å². The minimum Gasteiger partial charge on any atom is -0.448 e. The molecule has 0 radical (unpaired) electrons. The SMILES string of the molecule is CSNC(COC(=O)NCCCCCCNC(C)C)C(C)C. The Morgan fingerprint density at radius 2 is 1.68 bits per heavy atom. The highest BCUT2D eigenvalue weighted by Crippen LogP contribution is 2.05. The molecule has 0 aliphatic carbocycles. The topological polar surface area (TPSA) is 62.4 Å². The van der Waals surface area contributed by atoms with E-state index in [1.54, 1.807) is 11.9 Å². The van der Waals surface area contributed by atoms with Gasteiger partial charge in [0.2, 0.25) is 0 Å². The smallest absolute Gasteiger partial charge is 0.407 e. The Morgan fingerprint density at radius 3 is 2.23 bits per heavy atom. The molecule has 0 aliphatic rings. The zero-order chi connectivity index (χ0) is 16.8. The monoisotopic (exact) mass is 333 g/mol. The van der Waals surface area contributed by atoms with Gasteiger partial charge in [-0.05, 0) is 31.6 Å². The number of rotatable bonds is 13. The summed E-state index contributed by atoms with van der Waals surface area (Å²) in [6, 6.07) is 0.751. The molecule has 0 saturated carbocycles. The molecule has 1 atom stereocenters. The maximum Gasteiger partial charge on any atom is 0.407 e. The van der Waals surface area contributed by atoms with E-state index >= 15 is 0 Å². The van der Waals surface area contributed by atoms with Crippen molar-refractivity contribution in [3.8, 4) is 0 Å². The number of nitrogens with one attached hydrogen (secondary N) is 3. The van der Waals surface area contributed by atoms with Gasteiger partial charge in [-0.3, -0.25) is 4.72 Å². The van der Waals surface area contributed by atoms with Crippen molar-refractivity contribution in [3.05, 3.63) is 0 Å². The van der Waals surface area contributed by atoms with Crippen LogP contribution in [0.15, 0.2) is 0 Å². The molecule has 0 aromatic carbocycles. The van der Waals surface area contributed by atoms with Gasteiger partial charge in [-0.1, -0.05) is 52.5 Å². The lowest BCUT2D eigenvalue weighted by Crippen LogP contribution is -2.36. The highest BCUT2D eigenvalue weighted by molar-refractivity contribution is 7.96. The second-order valence-corrected chi connectivity index (χ2v) is 6.86. The zero-order valence-electron chi connectivity index (χ0n) is 14.9. The van der Waals surface area contributed by atoms with Crippen LogP contribution in [0.5, 0.6) is 0 Å². The molecule has 0 aromatic rings. The molecule has 0 bridgehead atoms. The molecule has 0 aromatic heterocycles. The number of alkyl carbamates (subject to hydrolysis) is 1. The molecule has 6 heteroatoms. The van der Waals surface area contributed by atoms with Crippen LogP contribution in [0.1, 0.15) is 53.4 Å². The third-order valence-electron chi connectivity index (χ3n) is 3.39. The average Bonchev–Trinajstić information content (AvgIpc) is 2.45. The van der Waals surface area contributed by atoms with E-state index in [1.807, 2.05) is 6.26 Å². The van der Waals surface area contributed by atoms with Crippen molar-refractivity contribution in [1.29, 1.82) is 0 Å². The summed E-state index contributed by atoms with van der Waals surface area (Å²) in [5.74, 6) is 0.430. The van der Waals surface area contributed by atoms with Crippen molar-refractivity contribution >= 4 is 18.0 Å². The Bertz CT molecular complexity index is 276. The standard InChI is InChI=1S/C16H35N3O2S/c1-13(2)15(19-22-5)12-21-16(20)18-11-9-7-6-8-10-17-14(3)4/h13-15,17,19H,6-12H2,1-5H3,(H,18,20). The van der Waals surface area contributed by atoms with Gasteiger partial charge in [-0.2, -0.15) is 0 Å². The lowest BCUT2D eigenvalue weighted by molar-refractivity contribution is 0.130. The maximum atomic E-state index is 11.6. The number of hydrogen-bond donors (Lipinski definition) is 3. The van der Waals surface area contributed by atoms with Crippen molar-refractivity contribution in [2.24, 2.45) is 5.92 Å². The van der Waals surface area contributed by atoms with Crippen LogP contribution < -0.4 is 15.4 Å². The highest BCUT2D eigenvalue weighted by atomic mass is 32.2. The number of carbonyl (C=O) groups excluding carboxylic acids is 1. The van der Waals surface area contributed by atoms with Gasteiger partial charge in [0.05, 0.1) is 6.04 Å². The third-order valence-corrected chi connectivity index (χ3v) is 3.93. The minimum atomic E-state index is -0.310. The largest absolute Gasteiger partial charge is 0.448 e. The van der Waals surface area contributed by atoms with E-state index in [0.29, 0.717) is 25.1 Å². The van der Waals surface area contributed by atoms with Crippen molar-refractivity contribution < 1.29 is 9.53 Å². The van der Waals surface area contributed by atoms with Crippen LogP contribution >= 0.6 is 11.9 Å². The lowest BCUT2D eigenvalue weighted by atomic mass is 10.1. The summed E-state index contributed by atoms with van der Waals surface area (Å²) in [7, 11) is 0. The first-order chi connectivity index (χ1) is 10.5. The van der Waals surface area contributed by atoms with Crippen LogP contribution in [0.2, 0.25) is 0 Å². The van der Waals surface area contributed by atoms with Gasteiger partial charge in [0.15, 0.2) is 0 Å². The fourth-order valence-electron chi connectivity index (χ4n) is 1.92. The van der Waals surface area contributed by atoms with Gasteiger partial charge in [-0.15, -0.1) is 0 Å². The van der Waals surface area contributed by atoms with Crippen LogP contribution in [0.3, 0.4) is 0 Å². The Hall–Kier alpha value is -0.460. The molecule has 1 unspecified atom stereocenters. The molecule has 3 N–H and O–H groups in total. The average molecular weight is 334 g/mol. The molecule has 0 saturated heterocycles. The summed E-state index contributed by atoms with van der Waals surface area (Å²) < 4.78 is 8.50. The molecular formula is C16H35N3O2S. The first kappa shape index (κ1) is 21.5. The van der Waals surface area contributed by atoms with E-state index < -0.39 is 0 Å². The van der Waals surface area contributed by atoms with Gasteiger partial charge >= 0.3 is 6.09 Å². The molecular weight excluding hydrogens is 298 g/mol. The molecule has 132 valence electrons. The van der Waals surface area contributed by atoms with E-state index in [4.69, 9.17) is 4.74 Å². The second-order valence-electron chi connectivity index (χ2n) is 6.22. The number of unbranched alkanes of at least 4 members (excludes halogenated alkanes) is 3. The Morgan fingerprint density at radius 1 is 1.05 bits per heavy atom. The van der Waals surface area contributed by atoms with Crippen LogP contribution in [0, 0.1) is 5.92 Å². The number of carbonyl (C=O) groups is 1. The van der Waals surface area contributed by atoms with E-state index in [2.05, 4.69) is 43.1 Å².